The number of carbonyl (C=O) groups is 2. The summed E-state index contributed by atoms with van der Waals surface area (Å²) in [5.41, 5.74) is 0.946. The molecule has 120 valence electrons. The van der Waals surface area contributed by atoms with Crippen LogP contribution in [0.25, 0.3) is 11.3 Å². The molecule has 0 radical (unpaired) electrons. The van der Waals surface area contributed by atoms with E-state index in [0.29, 0.717) is 37.6 Å². The van der Waals surface area contributed by atoms with Crippen molar-refractivity contribution in [1.82, 2.24) is 9.88 Å². The van der Waals surface area contributed by atoms with Crippen LogP contribution >= 0.6 is 0 Å². The van der Waals surface area contributed by atoms with Crippen molar-refractivity contribution >= 4 is 11.9 Å². The average Bonchev–Trinajstić information content (AvgIpc) is 3.23. The minimum atomic E-state index is -0.833. The average molecular weight is 314 g/mol. The number of hydrogen-bond acceptors (Lipinski definition) is 4. The number of carboxylic acids is 1. The number of rotatable bonds is 5. The van der Waals surface area contributed by atoms with Gasteiger partial charge in [-0.25, -0.2) is 4.98 Å². The highest BCUT2D eigenvalue weighted by Gasteiger charge is 2.30. The Morgan fingerprint density at radius 2 is 2.09 bits per heavy atom. The van der Waals surface area contributed by atoms with Crippen LogP contribution in [0.2, 0.25) is 0 Å². The predicted octanol–water partition coefficient (Wildman–Crippen LogP) is 2.21. The lowest BCUT2D eigenvalue weighted by atomic mass is 10.1. The predicted molar refractivity (Wildman–Crippen MR) is 82.6 cm³/mol. The Morgan fingerprint density at radius 3 is 2.78 bits per heavy atom. The number of oxazole rings is 1. The summed E-state index contributed by atoms with van der Waals surface area (Å²) in [5, 5.41) is 8.97. The molecule has 6 nitrogen and oxygen atoms in total. The van der Waals surface area contributed by atoms with Gasteiger partial charge in [0.1, 0.15) is 0 Å². The number of aliphatic carboxylic acids is 1. The summed E-state index contributed by atoms with van der Waals surface area (Å²) in [5.74, 6) is -0.120. The second-order valence-corrected chi connectivity index (χ2v) is 5.65. The van der Waals surface area contributed by atoms with Crippen molar-refractivity contribution in [1.29, 1.82) is 0 Å². The van der Waals surface area contributed by atoms with Crippen molar-refractivity contribution in [3.8, 4) is 11.3 Å². The number of benzene rings is 1. The topological polar surface area (TPSA) is 83.6 Å². The van der Waals surface area contributed by atoms with Crippen LogP contribution in [-0.4, -0.2) is 40.0 Å². The Bertz CT molecular complexity index is 696. The molecule has 0 saturated carbocycles. The minimum absolute atomic E-state index is 0.0480. The van der Waals surface area contributed by atoms with Crippen LogP contribution in [0.1, 0.15) is 18.7 Å². The molecule has 1 aliphatic rings. The second kappa shape index (κ2) is 6.64. The van der Waals surface area contributed by atoms with E-state index in [0.717, 1.165) is 5.56 Å². The van der Waals surface area contributed by atoms with Crippen LogP contribution in [0.4, 0.5) is 0 Å². The minimum Gasteiger partial charge on any atom is -0.481 e. The van der Waals surface area contributed by atoms with Gasteiger partial charge in [-0.2, -0.15) is 0 Å². The van der Waals surface area contributed by atoms with Crippen LogP contribution in [0, 0.1) is 5.92 Å². The Hall–Kier alpha value is -2.63. The number of aryl methyl sites for hydroxylation is 1. The largest absolute Gasteiger partial charge is 0.481 e. The third-order valence-corrected chi connectivity index (χ3v) is 4.05. The third kappa shape index (κ3) is 3.59. The first-order chi connectivity index (χ1) is 11.1. The fraction of sp³-hybridized carbons (Fsp3) is 0.353. The van der Waals surface area contributed by atoms with E-state index in [1.165, 1.54) is 0 Å². The molecule has 1 amide bonds. The maximum absolute atomic E-state index is 12.1. The molecule has 0 unspecified atom stereocenters. The van der Waals surface area contributed by atoms with Gasteiger partial charge in [0.05, 0.1) is 12.1 Å². The summed E-state index contributed by atoms with van der Waals surface area (Å²) >= 11 is 0. The lowest BCUT2D eigenvalue weighted by Crippen LogP contribution is -2.30. The smallest absolute Gasteiger partial charge is 0.308 e. The van der Waals surface area contributed by atoms with Gasteiger partial charge in [-0.1, -0.05) is 30.3 Å². The molecule has 1 fully saturated rings. The zero-order valence-corrected chi connectivity index (χ0v) is 12.6. The molecule has 0 spiro atoms. The summed E-state index contributed by atoms with van der Waals surface area (Å²) in [6.07, 6.45) is 2.88. The Kier molecular flexibility index (Phi) is 4.41. The van der Waals surface area contributed by atoms with E-state index < -0.39 is 11.9 Å². The number of aromatic nitrogens is 1. The maximum Gasteiger partial charge on any atom is 0.308 e. The Balaban J connectivity index is 1.54. The highest BCUT2D eigenvalue weighted by molar-refractivity contribution is 5.78. The molecular formula is C17H18N2O4. The summed E-state index contributed by atoms with van der Waals surface area (Å²) < 4.78 is 5.67. The van der Waals surface area contributed by atoms with Gasteiger partial charge in [0.15, 0.2) is 11.7 Å². The molecule has 1 aromatic heterocycles. The summed E-state index contributed by atoms with van der Waals surface area (Å²) in [4.78, 5) is 28.9. The van der Waals surface area contributed by atoms with Crippen molar-refractivity contribution in [3.63, 3.8) is 0 Å². The second-order valence-electron chi connectivity index (χ2n) is 5.65. The fourth-order valence-electron chi connectivity index (χ4n) is 2.72. The summed E-state index contributed by atoms with van der Waals surface area (Å²) in [6.45, 7) is 0.811. The highest BCUT2D eigenvalue weighted by atomic mass is 16.4. The van der Waals surface area contributed by atoms with Crippen molar-refractivity contribution in [2.75, 3.05) is 13.1 Å². The van der Waals surface area contributed by atoms with Gasteiger partial charge in [0.25, 0.3) is 0 Å². The van der Waals surface area contributed by atoms with Crippen LogP contribution in [0.3, 0.4) is 0 Å². The molecule has 2 heterocycles. The summed E-state index contributed by atoms with van der Waals surface area (Å²) in [7, 11) is 0. The first-order valence-corrected chi connectivity index (χ1v) is 7.64. The van der Waals surface area contributed by atoms with Crippen LogP contribution in [0.5, 0.6) is 0 Å². The molecule has 1 N–H and O–H groups in total. The molecule has 1 aliphatic heterocycles. The Labute approximate surface area is 133 Å². The molecule has 2 aromatic rings. The van der Waals surface area contributed by atoms with Crippen LogP contribution in [-0.2, 0) is 16.0 Å². The van der Waals surface area contributed by atoms with E-state index in [2.05, 4.69) is 4.98 Å². The van der Waals surface area contributed by atoms with Gasteiger partial charge in [0, 0.05) is 31.5 Å². The van der Waals surface area contributed by atoms with Gasteiger partial charge in [-0.05, 0) is 6.42 Å². The lowest BCUT2D eigenvalue weighted by Gasteiger charge is -2.14. The van der Waals surface area contributed by atoms with Crippen molar-refractivity contribution in [2.45, 2.75) is 19.3 Å². The van der Waals surface area contributed by atoms with E-state index >= 15 is 0 Å². The lowest BCUT2D eigenvalue weighted by molar-refractivity contribution is -0.141. The van der Waals surface area contributed by atoms with E-state index in [-0.39, 0.29) is 12.3 Å². The third-order valence-electron chi connectivity index (χ3n) is 4.05. The van der Waals surface area contributed by atoms with Gasteiger partial charge in [-0.3, -0.25) is 9.59 Å². The highest BCUT2D eigenvalue weighted by Crippen LogP contribution is 2.21. The first-order valence-electron chi connectivity index (χ1n) is 7.64. The number of amides is 1. The van der Waals surface area contributed by atoms with Crippen molar-refractivity contribution in [2.24, 2.45) is 5.92 Å². The molecule has 3 rings (SSSR count). The number of carboxylic acid groups (broad SMARTS) is 1. The molecule has 23 heavy (non-hydrogen) atoms. The normalized spacial score (nSPS) is 17.4. The quantitative estimate of drug-likeness (QED) is 0.914. The monoisotopic (exact) mass is 314 g/mol. The zero-order chi connectivity index (χ0) is 16.2. The van der Waals surface area contributed by atoms with Gasteiger partial charge in [0.2, 0.25) is 5.91 Å². The van der Waals surface area contributed by atoms with Gasteiger partial charge < -0.3 is 14.4 Å². The van der Waals surface area contributed by atoms with E-state index in [1.54, 1.807) is 11.1 Å². The molecule has 0 aliphatic carbocycles. The zero-order valence-electron chi connectivity index (χ0n) is 12.6. The van der Waals surface area contributed by atoms with Crippen LogP contribution in [0.15, 0.2) is 40.9 Å². The molecular weight excluding hydrogens is 296 g/mol. The Morgan fingerprint density at radius 1 is 1.30 bits per heavy atom. The molecule has 0 bridgehead atoms. The molecule has 1 atom stereocenters. The number of carbonyl (C=O) groups excluding carboxylic acids is 1. The molecule has 1 aromatic carbocycles. The molecule has 6 heteroatoms. The summed E-state index contributed by atoms with van der Waals surface area (Å²) in [6, 6.07) is 9.65. The van der Waals surface area contributed by atoms with E-state index in [4.69, 9.17) is 9.52 Å². The van der Waals surface area contributed by atoms with Crippen LogP contribution < -0.4 is 0 Å². The maximum atomic E-state index is 12.1. The van der Waals surface area contributed by atoms with Crippen molar-refractivity contribution in [3.05, 3.63) is 42.4 Å². The SMILES string of the molecule is O=C(O)[C@H]1CCN(C(=O)CCc2ncc(-c3ccccc3)o2)C1. The first kappa shape index (κ1) is 15.3. The van der Waals surface area contributed by atoms with Gasteiger partial charge >= 0.3 is 5.97 Å². The van der Waals surface area contributed by atoms with E-state index in [1.807, 2.05) is 30.3 Å². The van der Waals surface area contributed by atoms with E-state index in [9.17, 15) is 9.59 Å². The number of likely N-dealkylation sites (tertiary alicyclic amines) is 1. The standard InChI is InChI=1S/C17H18N2O4/c20-16(19-9-8-13(11-19)17(21)22)7-6-15-18-10-14(23-15)12-4-2-1-3-5-12/h1-5,10,13H,6-9,11H2,(H,21,22)/t13-/m0/s1. The van der Waals surface area contributed by atoms with Crippen molar-refractivity contribution < 1.29 is 19.1 Å². The molecule has 1 saturated heterocycles. The number of hydrogen-bond donors (Lipinski definition) is 1. The van der Waals surface area contributed by atoms with Gasteiger partial charge in [-0.15, -0.1) is 0 Å². The fourth-order valence-corrected chi connectivity index (χ4v) is 2.72. The number of nitrogens with zero attached hydrogens (tertiary/aromatic N) is 2.